The van der Waals surface area contributed by atoms with Gasteiger partial charge >= 0.3 is 0 Å². The van der Waals surface area contributed by atoms with Crippen molar-refractivity contribution in [3.05, 3.63) is 23.8 Å². The fraction of sp³-hybridized carbons (Fsp3) is 0.333. The summed E-state index contributed by atoms with van der Waals surface area (Å²) < 4.78 is 46.5. The van der Waals surface area contributed by atoms with Crippen LogP contribution >= 0.6 is 10.7 Å². The monoisotopic (exact) mass is 295 g/mol. The molecule has 1 aromatic carbocycles. The van der Waals surface area contributed by atoms with E-state index in [4.69, 9.17) is 10.7 Å². The van der Waals surface area contributed by atoms with Crippen molar-refractivity contribution in [2.45, 2.75) is 11.3 Å². The number of hydrogen-bond donors (Lipinski definition) is 0. The summed E-state index contributed by atoms with van der Waals surface area (Å²) in [4.78, 5) is -0.00623. The number of anilines is 1. The van der Waals surface area contributed by atoms with Crippen LogP contribution in [0.4, 0.5) is 5.69 Å². The lowest BCUT2D eigenvalue weighted by atomic mass is 10.2. The quantitative estimate of drug-likeness (QED) is 0.761. The van der Waals surface area contributed by atoms with Crippen molar-refractivity contribution in [3.63, 3.8) is 0 Å². The largest absolute Gasteiger partial charge is 0.270 e. The lowest BCUT2D eigenvalue weighted by molar-refractivity contribution is 0.598. The lowest BCUT2D eigenvalue weighted by Crippen LogP contribution is -2.27. The molecule has 0 saturated carbocycles. The van der Waals surface area contributed by atoms with E-state index in [9.17, 15) is 16.8 Å². The zero-order valence-corrected chi connectivity index (χ0v) is 11.3. The van der Waals surface area contributed by atoms with E-state index in [-0.39, 0.29) is 4.90 Å². The van der Waals surface area contributed by atoms with Gasteiger partial charge in [-0.3, -0.25) is 4.31 Å². The normalized spacial score (nSPS) is 16.0. The van der Waals surface area contributed by atoms with E-state index in [1.54, 1.807) is 0 Å². The first kappa shape index (κ1) is 12.7. The summed E-state index contributed by atoms with van der Waals surface area (Å²) in [6.45, 7) is 0.333. The Labute approximate surface area is 104 Å². The van der Waals surface area contributed by atoms with Crippen molar-refractivity contribution in [1.29, 1.82) is 0 Å². The zero-order chi connectivity index (χ0) is 12.8. The van der Waals surface area contributed by atoms with Crippen molar-refractivity contribution in [2.75, 3.05) is 17.1 Å². The zero-order valence-electron chi connectivity index (χ0n) is 8.92. The highest BCUT2D eigenvalue weighted by Gasteiger charge is 2.27. The van der Waals surface area contributed by atoms with Gasteiger partial charge in [0.2, 0.25) is 10.0 Å². The predicted molar refractivity (Wildman–Crippen MR) is 65.4 cm³/mol. The second kappa shape index (κ2) is 3.86. The van der Waals surface area contributed by atoms with Crippen LogP contribution in [-0.2, 0) is 25.5 Å². The maximum Gasteiger partial charge on any atom is 0.261 e. The molecule has 0 unspecified atom stereocenters. The Balaban J connectivity index is 2.53. The Bertz CT molecular complexity index is 666. The molecular weight excluding hydrogens is 286 g/mol. The highest BCUT2D eigenvalue weighted by Crippen LogP contribution is 2.32. The van der Waals surface area contributed by atoms with Gasteiger partial charge in [-0.25, -0.2) is 16.8 Å². The highest BCUT2D eigenvalue weighted by atomic mass is 35.7. The summed E-state index contributed by atoms with van der Waals surface area (Å²) in [6.07, 6.45) is 1.61. The van der Waals surface area contributed by atoms with Crippen LogP contribution in [0.15, 0.2) is 23.1 Å². The third kappa shape index (κ3) is 2.41. The summed E-state index contributed by atoms with van der Waals surface area (Å²) in [6, 6.07) is 4.20. The third-order valence-corrected chi connectivity index (χ3v) is 5.12. The summed E-state index contributed by atoms with van der Waals surface area (Å²) >= 11 is 0. The standard InChI is InChI=1S/C9H10ClNO4S2/c1-16(12,13)11-5-4-7-6-8(17(10,14)15)2-3-9(7)11/h2-3,6H,4-5H2,1H3. The van der Waals surface area contributed by atoms with Crippen molar-refractivity contribution in [1.82, 2.24) is 0 Å². The fourth-order valence-electron chi connectivity index (χ4n) is 1.84. The predicted octanol–water partition coefficient (Wildman–Crippen LogP) is 0.936. The average molecular weight is 296 g/mol. The van der Waals surface area contributed by atoms with Crippen LogP contribution in [0.2, 0.25) is 0 Å². The van der Waals surface area contributed by atoms with Gasteiger partial charge in [0.05, 0.1) is 16.8 Å². The fourth-order valence-corrected chi connectivity index (χ4v) is 3.60. The third-order valence-electron chi connectivity index (χ3n) is 2.59. The summed E-state index contributed by atoms with van der Waals surface area (Å²) in [5.41, 5.74) is 1.20. The maximum absolute atomic E-state index is 11.5. The van der Waals surface area contributed by atoms with E-state index in [2.05, 4.69) is 0 Å². The first-order chi connectivity index (χ1) is 7.69. The Morgan fingerprint density at radius 1 is 1.24 bits per heavy atom. The first-order valence-electron chi connectivity index (χ1n) is 4.75. The lowest BCUT2D eigenvalue weighted by Gasteiger charge is -2.16. The van der Waals surface area contributed by atoms with Crippen molar-refractivity contribution in [3.8, 4) is 0 Å². The van der Waals surface area contributed by atoms with Gasteiger partial charge in [0, 0.05) is 17.2 Å². The van der Waals surface area contributed by atoms with Crippen LogP contribution in [0.25, 0.3) is 0 Å². The molecule has 1 aliphatic heterocycles. The Hall–Kier alpha value is -0.790. The van der Waals surface area contributed by atoms with Crippen LogP contribution in [0.5, 0.6) is 0 Å². The molecule has 0 N–H and O–H groups in total. The number of halogens is 1. The van der Waals surface area contributed by atoms with E-state index in [0.717, 1.165) is 6.26 Å². The number of rotatable bonds is 2. The molecule has 17 heavy (non-hydrogen) atoms. The van der Waals surface area contributed by atoms with Crippen molar-refractivity contribution < 1.29 is 16.8 Å². The van der Waals surface area contributed by atoms with Crippen molar-refractivity contribution >= 4 is 35.4 Å². The van der Waals surface area contributed by atoms with E-state index in [0.29, 0.717) is 24.2 Å². The number of fused-ring (bicyclic) bond motifs is 1. The molecule has 8 heteroatoms. The minimum absolute atomic E-state index is 0.00623. The number of benzene rings is 1. The molecule has 0 aliphatic carbocycles. The van der Waals surface area contributed by atoms with Gasteiger partial charge in [0.1, 0.15) is 0 Å². The number of hydrogen-bond acceptors (Lipinski definition) is 4. The smallest absolute Gasteiger partial charge is 0.261 e. The SMILES string of the molecule is CS(=O)(=O)N1CCc2cc(S(=O)(=O)Cl)ccc21. The van der Waals surface area contributed by atoms with Gasteiger partial charge in [-0.15, -0.1) is 0 Å². The molecule has 1 heterocycles. The summed E-state index contributed by atoms with van der Waals surface area (Å²) in [5.74, 6) is 0. The van der Waals surface area contributed by atoms with E-state index in [1.807, 2.05) is 0 Å². The van der Waals surface area contributed by atoms with Crippen LogP contribution in [-0.4, -0.2) is 29.6 Å². The van der Waals surface area contributed by atoms with Crippen LogP contribution in [0, 0.1) is 0 Å². The van der Waals surface area contributed by atoms with Gasteiger partial charge < -0.3 is 0 Å². The molecule has 0 amide bonds. The summed E-state index contributed by atoms with van der Waals surface area (Å²) in [7, 11) is -1.86. The molecule has 0 atom stereocenters. The second-order valence-corrected chi connectivity index (χ2v) is 8.29. The highest BCUT2D eigenvalue weighted by molar-refractivity contribution is 8.13. The number of nitrogens with zero attached hydrogens (tertiary/aromatic N) is 1. The topological polar surface area (TPSA) is 71.5 Å². The molecular formula is C9H10ClNO4S2. The number of sulfonamides is 1. The first-order valence-corrected chi connectivity index (χ1v) is 8.90. The van der Waals surface area contributed by atoms with Crippen LogP contribution in [0.1, 0.15) is 5.56 Å². The minimum atomic E-state index is -3.77. The van der Waals surface area contributed by atoms with Gasteiger partial charge in [-0.05, 0) is 30.2 Å². The van der Waals surface area contributed by atoms with Gasteiger partial charge in [-0.1, -0.05) is 0 Å². The Morgan fingerprint density at radius 2 is 1.88 bits per heavy atom. The minimum Gasteiger partial charge on any atom is -0.270 e. The molecule has 2 rings (SSSR count). The second-order valence-electron chi connectivity index (χ2n) is 3.81. The average Bonchev–Trinajstić information content (AvgIpc) is 2.57. The van der Waals surface area contributed by atoms with E-state index in [1.165, 1.54) is 22.5 Å². The molecule has 1 aromatic rings. The molecule has 0 aromatic heterocycles. The molecule has 1 aliphatic rings. The summed E-state index contributed by atoms with van der Waals surface area (Å²) in [5, 5.41) is 0. The molecule has 0 spiro atoms. The van der Waals surface area contributed by atoms with Gasteiger partial charge in [0.15, 0.2) is 0 Å². The van der Waals surface area contributed by atoms with E-state index >= 15 is 0 Å². The molecule has 0 saturated heterocycles. The van der Waals surface area contributed by atoms with Crippen LogP contribution in [0.3, 0.4) is 0 Å². The molecule has 94 valence electrons. The molecule has 5 nitrogen and oxygen atoms in total. The molecule has 0 radical (unpaired) electrons. The Kier molecular flexibility index (Phi) is 2.87. The maximum atomic E-state index is 11.5. The Morgan fingerprint density at radius 3 is 2.41 bits per heavy atom. The van der Waals surface area contributed by atoms with Crippen LogP contribution < -0.4 is 4.31 Å². The van der Waals surface area contributed by atoms with E-state index < -0.39 is 19.1 Å². The van der Waals surface area contributed by atoms with Crippen molar-refractivity contribution in [2.24, 2.45) is 0 Å². The van der Waals surface area contributed by atoms with Gasteiger partial charge in [0.25, 0.3) is 9.05 Å². The molecule has 0 bridgehead atoms. The van der Waals surface area contributed by atoms with Gasteiger partial charge in [-0.2, -0.15) is 0 Å². The molecule has 0 fully saturated rings.